The van der Waals surface area contributed by atoms with Gasteiger partial charge in [-0.1, -0.05) is 13.8 Å². The topological polar surface area (TPSA) is 33.6 Å². The van der Waals surface area contributed by atoms with Crippen LogP contribution in [0.5, 0.6) is 0 Å². The third-order valence-electron chi connectivity index (χ3n) is 2.10. The summed E-state index contributed by atoms with van der Waals surface area (Å²) in [6, 6.07) is 0.411. The fourth-order valence-electron chi connectivity index (χ4n) is 1.47. The van der Waals surface area contributed by atoms with Gasteiger partial charge in [0.15, 0.2) is 4.77 Å². The van der Waals surface area contributed by atoms with E-state index in [0.29, 0.717) is 12.0 Å². The van der Waals surface area contributed by atoms with Crippen LogP contribution in [-0.2, 0) is 0 Å². The highest BCUT2D eigenvalue weighted by molar-refractivity contribution is 7.98. The highest BCUT2D eigenvalue weighted by Gasteiger charge is 2.14. The molecule has 1 rings (SSSR count). The van der Waals surface area contributed by atoms with Crippen LogP contribution in [0.25, 0.3) is 0 Å². The number of aromatic nitrogens is 3. The molecule has 0 aliphatic carbocycles. The molecule has 0 aromatic carbocycles. The molecule has 0 spiro atoms. The molecule has 0 radical (unpaired) electrons. The summed E-state index contributed by atoms with van der Waals surface area (Å²) in [6.07, 6.45) is 2.11. The highest BCUT2D eigenvalue weighted by atomic mass is 32.2. The van der Waals surface area contributed by atoms with Crippen molar-refractivity contribution in [2.24, 2.45) is 0 Å². The quantitative estimate of drug-likeness (QED) is 0.809. The molecule has 1 N–H and O–H groups in total. The summed E-state index contributed by atoms with van der Waals surface area (Å²) in [5.74, 6) is 2.52. The second-order valence-electron chi connectivity index (χ2n) is 3.72. The molecule has 0 amide bonds. The van der Waals surface area contributed by atoms with Crippen LogP contribution in [0, 0.1) is 4.77 Å². The van der Waals surface area contributed by atoms with E-state index in [1.807, 2.05) is 11.8 Å². The zero-order valence-electron chi connectivity index (χ0n) is 9.07. The number of H-pyrrole nitrogens is 1. The van der Waals surface area contributed by atoms with E-state index in [4.69, 9.17) is 12.2 Å². The zero-order chi connectivity index (χ0) is 10.7. The lowest BCUT2D eigenvalue weighted by Crippen LogP contribution is -2.12. The van der Waals surface area contributed by atoms with Crippen molar-refractivity contribution in [3.05, 3.63) is 10.6 Å². The van der Waals surface area contributed by atoms with Gasteiger partial charge in [-0.2, -0.15) is 16.9 Å². The van der Waals surface area contributed by atoms with Crippen LogP contribution in [0.4, 0.5) is 0 Å². The van der Waals surface area contributed by atoms with E-state index in [2.05, 4.69) is 41.8 Å². The van der Waals surface area contributed by atoms with E-state index in [1.54, 1.807) is 0 Å². The number of hydrogen-bond acceptors (Lipinski definition) is 3. The number of aromatic amines is 1. The first-order chi connectivity index (χ1) is 6.57. The summed E-state index contributed by atoms with van der Waals surface area (Å²) in [7, 11) is 0. The van der Waals surface area contributed by atoms with Crippen LogP contribution in [0.2, 0.25) is 0 Å². The molecule has 1 heterocycles. The van der Waals surface area contributed by atoms with E-state index in [9.17, 15) is 0 Å². The van der Waals surface area contributed by atoms with Gasteiger partial charge in [0.05, 0.1) is 0 Å². The summed E-state index contributed by atoms with van der Waals surface area (Å²) >= 11 is 7.05. The molecule has 3 nitrogen and oxygen atoms in total. The first kappa shape index (κ1) is 11.8. The molecule has 5 heteroatoms. The average Bonchev–Trinajstić information content (AvgIpc) is 2.47. The molecule has 0 aliphatic heterocycles. The Hall–Kier alpha value is -0.290. The Balaban J connectivity index is 3.04. The predicted molar refractivity (Wildman–Crippen MR) is 64.6 cm³/mol. The zero-order valence-corrected chi connectivity index (χ0v) is 10.7. The minimum Gasteiger partial charge on any atom is -0.300 e. The van der Waals surface area contributed by atoms with E-state index < -0.39 is 0 Å². The van der Waals surface area contributed by atoms with Crippen LogP contribution in [0.15, 0.2) is 0 Å². The summed E-state index contributed by atoms with van der Waals surface area (Å²) in [5, 5.41) is 7.12. The highest BCUT2D eigenvalue weighted by Crippen LogP contribution is 2.19. The van der Waals surface area contributed by atoms with Gasteiger partial charge >= 0.3 is 0 Å². The van der Waals surface area contributed by atoms with Crippen LogP contribution in [-0.4, -0.2) is 26.8 Å². The normalized spacial score (nSPS) is 13.5. The van der Waals surface area contributed by atoms with Gasteiger partial charge in [-0.05, 0) is 25.4 Å². The predicted octanol–water partition coefficient (Wildman–Crippen LogP) is 2.99. The summed E-state index contributed by atoms with van der Waals surface area (Å²) < 4.78 is 2.85. The van der Waals surface area contributed by atoms with Crippen molar-refractivity contribution in [2.45, 2.75) is 32.7 Å². The molecule has 0 saturated carbocycles. The maximum atomic E-state index is 5.22. The molecule has 1 unspecified atom stereocenters. The molecule has 0 fully saturated rings. The molecule has 1 aromatic rings. The van der Waals surface area contributed by atoms with Gasteiger partial charge in [-0.25, -0.2) is 0 Å². The lowest BCUT2D eigenvalue weighted by Gasteiger charge is -2.15. The van der Waals surface area contributed by atoms with Gasteiger partial charge in [-0.3, -0.25) is 5.10 Å². The van der Waals surface area contributed by atoms with Gasteiger partial charge in [0.2, 0.25) is 0 Å². The van der Waals surface area contributed by atoms with Crippen molar-refractivity contribution in [3.63, 3.8) is 0 Å². The molecule has 0 bridgehead atoms. The third kappa shape index (κ3) is 2.39. The molecule has 0 aliphatic rings. The fraction of sp³-hybridized carbons (Fsp3) is 0.778. The van der Waals surface area contributed by atoms with E-state index in [1.165, 1.54) is 0 Å². The molecular weight excluding hydrogens is 214 g/mol. The molecule has 80 valence electrons. The number of hydrogen-bond donors (Lipinski definition) is 1. The number of nitrogens with zero attached hydrogens (tertiary/aromatic N) is 2. The van der Waals surface area contributed by atoms with E-state index >= 15 is 0 Å². The monoisotopic (exact) mass is 231 g/mol. The van der Waals surface area contributed by atoms with Crippen LogP contribution < -0.4 is 0 Å². The van der Waals surface area contributed by atoms with Crippen molar-refractivity contribution in [1.82, 2.24) is 14.8 Å². The van der Waals surface area contributed by atoms with Gasteiger partial charge in [0.25, 0.3) is 0 Å². The molecule has 0 saturated heterocycles. The van der Waals surface area contributed by atoms with Crippen molar-refractivity contribution in [2.75, 3.05) is 12.0 Å². The maximum Gasteiger partial charge on any atom is 0.195 e. The van der Waals surface area contributed by atoms with Crippen molar-refractivity contribution in [1.29, 1.82) is 0 Å². The summed E-state index contributed by atoms with van der Waals surface area (Å²) in [6.45, 7) is 6.44. The SMILES string of the molecule is CSCC(C)n1c(C(C)C)n[nH]c1=S. The van der Waals surface area contributed by atoms with Gasteiger partial charge in [0, 0.05) is 17.7 Å². The van der Waals surface area contributed by atoms with Gasteiger partial charge in [-0.15, -0.1) is 0 Å². The lowest BCUT2D eigenvalue weighted by atomic mass is 10.2. The molecule has 1 atom stereocenters. The van der Waals surface area contributed by atoms with Crippen LogP contribution >= 0.6 is 24.0 Å². The van der Waals surface area contributed by atoms with Crippen LogP contribution in [0.1, 0.15) is 38.6 Å². The van der Waals surface area contributed by atoms with Gasteiger partial charge < -0.3 is 4.57 Å². The first-order valence-corrected chi connectivity index (χ1v) is 6.53. The largest absolute Gasteiger partial charge is 0.300 e. The third-order valence-corrected chi connectivity index (χ3v) is 3.20. The van der Waals surface area contributed by atoms with Crippen molar-refractivity contribution >= 4 is 24.0 Å². The maximum absolute atomic E-state index is 5.22. The molecule has 14 heavy (non-hydrogen) atoms. The van der Waals surface area contributed by atoms with E-state index in [0.717, 1.165) is 16.3 Å². The Labute approximate surface area is 94.3 Å². The number of rotatable bonds is 4. The van der Waals surface area contributed by atoms with Crippen molar-refractivity contribution < 1.29 is 0 Å². The van der Waals surface area contributed by atoms with E-state index in [-0.39, 0.29) is 0 Å². The Morgan fingerprint density at radius 3 is 2.64 bits per heavy atom. The molecule has 1 aromatic heterocycles. The standard InChI is InChI=1S/C9H17N3S2/c1-6(2)8-10-11-9(13)12(8)7(3)5-14-4/h6-7H,5H2,1-4H3,(H,11,13). The van der Waals surface area contributed by atoms with Gasteiger partial charge in [0.1, 0.15) is 5.82 Å². The summed E-state index contributed by atoms with van der Waals surface area (Å²) in [5.41, 5.74) is 0. The minimum atomic E-state index is 0.409. The lowest BCUT2D eigenvalue weighted by molar-refractivity contribution is 0.551. The average molecular weight is 231 g/mol. The second-order valence-corrected chi connectivity index (χ2v) is 5.01. The number of thioether (sulfide) groups is 1. The molecular formula is C9H17N3S2. The fourth-order valence-corrected chi connectivity index (χ4v) is 2.42. The first-order valence-electron chi connectivity index (χ1n) is 4.73. The Morgan fingerprint density at radius 1 is 1.50 bits per heavy atom. The Morgan fingerprint density at radius 2 is 2.14 bits per heavy atom. The smallest absolute Gasteiger partial charge is 0.195 e. The Kier molecular flexibility index (Phi) is 4.19. The number of nitrogens with one attached hydrogen (secondary N) is 1. The second kappa shape index (κ2) is 4.98. The minimum absolute atomic E-state index is 0.409. The Bertz CT molecular complexity index is 340. The summed E-state index contributed by atoms with van der Waals surface area (Å²) in [4.78, 5) is 0. The van der Waals surface area contributed by atoms with Crippen LogP contribution in [0.3, 0.4) is 0 Å². The van der Waals surface area contributed by atoms with Crippen molar-refractivity contribution in [3.8, 4) is 0 Å².